The van der Waals surface area contributed by atoms with Crippen molar-refractivity contribution in [2.24, 2.45) is 0 Å². The fourth-order valence-corrected chi connectivity index (χ4v) is 5.87. The number of thiophene rings is 1. The second-order valence-electron chi connectivity index (χ2n) is 7.62. The van der Waals surface area contributed by atoms with Crippen molar-refractivity contribution < 1.29 is 4.39 Å². The number of fused-ring (bicyclic) bond motifs is 1. The minimum absolute atomic E-state index is 0.188. The average Bonchev–Trinajstić information content (AvgIpc) is 3.55. The molecule has 7 nitrogen and oxygen atoms in total. The quantitative estimate of drug-likeness (QED) is 0.418. The van der Waals surface area contributed by atoms with Crippen molar-refractivity contribution in [3.05, 3.63) is 52.2 Å². The lowest BCUT2D eigenvalue weighted by Gasteiger charge is -2.38. The molecule has 31 heavy (non-hydrogen) atoms. The number of benzene rings is 1. The SMILES string of the molecule is CCC(c1nnnn1CCc1cccs1)N1CCN(c2nc3cccc(F)c3s2)CC1. The van der Waals surface area contributed by atoms with Gasteiger partial charge in [-0.25, -0.2) is 14.1 Å². The summed E-state index contributed by atoms with van der Waals surface area (Å²) in [4.78, 5) is 10.7. The van der Waals surface area contributed by atoms with E-state index in [1.165, 1.54) is 22.3 Å². The molecule has 3 aromatic heterocycles. The molecule has 4 aromatic rings. The van der Waals surface area contributed by atoms with E-state index in [-0.39, 0.29) is 11.9 Å². The molecule has 0 amide bonds. The molecule has 1 unspecified atom stereocenters. The smallest absolute Gasteiger partial charge is 0.186 e. The molecule has 0 N–H and O–H groups in total. The van der Waals surface area contributed by atoms with Gasteiger partial charge in [-0.15, -0.1) is 16.4 Å². The minimum Gasteiger partial charge on any atom is -0.345 e. The lowest BCUT2D eigenvalue weighted by Crippen LogP contribution is -2.48. The second-order valence-corrected chi connectivity index (χ2v) is 9.63. The van der Waals surface area contributed by atoms with E-state index in [0.717, 1.165) is 62.0 Å². The molecule has 0 spiro atoms. The van der Waals surface area contributed by atoms with Gasteiger partial charge < -0.3 is 4.90 Å². The van der Waals surface area contributed by atoms with E-state index < -0.39 is 0 Å². The first-order valence-corrected chi connectivity index (χ1v) is 12.2. The Morgan fingerprint density at radius 2 is 2.00 bits per heavy atom. The van der Waals surface area contributed by atoms with Gasteiger partial charge in [-0.2, -0.15) is 0 Å². The molecule has 4 heterocycles. The van der Waals surface area contributed by atoms with Crippen molar-refractivity contribution >= 4 is 38.0 Å². The highest BCUT2D eigenvalue weighted by Crippen LogP contribution is 2.32. The predicted octanol–water partition coefficient (Wildman–Crippen LogP) is 4.00. The Morgan fingerprint density at radius 3 is 2.74 bits per heavy atom. The highest BCUT2D eigenvalue weighted by Gasteiger charge is 2.29. The van der Waals surface area contributed by atoms with Crippen molar-refractivity contribution in [2.45, 2.75) is 32.4 Å². The molecule has 10 heteroatoms. The molecule has 0 radical (unpaired) electrons. The highest BCUT2D eigenvalue weighted by atomic mass is 32.1. The van der Waals surface area contributed by atoms with Gasteiger partial charge in [0.05, 0.1) is 16.3 Å². The van der Waals surface area contributed by atoms with Crippen molar-refractivity contribution in [3.8, 4) is 0 Å². The number of aryl methyl sites for hydroxylation is 2. The molecule has 1 fully saturated rings. The Hall–Kier alpha value is -2.43. The number of piperazine rings is 1. The van der Waals surface area contributed by atoms with Crippen molar-refractivity contribution in [1.29, 1.82) is 0 Å². The zero-order valence-corrected chi connectivity index (χ0v) is 18.9. The monoisotopic (exact) mass is 457 g/mol. The fourth-order valence-electron chi connectivity index (χ4n) is 4.15. The normalized spacial score (nSPS) is 16.3. The maximum absolute atomic E-state index is 14.1. The van der Waals surface area contributed by atoms with E-state index in [4.69, 9.17) is 0 Å². The molecule has 1 aliphatic rings. The molecule has 0 bridgehead atoms. The lowest BCUT2D eigenvalue weighted by molar-refractivity contribution is 0.169. The molecule has 1 aliphatic heterocycles. The number of hydrogen-bond acceptors (Lipinski definition) is 8. The van der Waals surface area contributed by atoms with Crippen LogP contribution < -0.4 is 4.90 Å². The van der Waals surface area contributed by atoms with Crippen LogP contribution in [-0.2, 0) is 13.0 Å². The fraction of sp³-hybridized carbons (Fsp3) is 0.429. The van der Waals surface area contributed by atoms with E-state index in [0.29, 0.717) is 4.70 Å². The van der Waals surface area contributed by atoms with Crippen molar-refractivity contribution in [3.63, 3.8) is 0 Å². The van der Waals surface area contributed by atoms with E-state index in [1.54, 1.807) is 17.4 Å². The van der Waals surface area contributed by atoms with Gasteiger partial charge in [0.25, 0.3) is 0 Å². The molecule has 1 aromatic carbocycles. The summed E-state index contributed by atoms with van der Waals surface area (Å²) in [6, 6.07) is 9.50. The third-order valence-electron chi connectivity index (χ3n) is 5.78. The maximum Gasteiger partial charge on any atom is 0.186 e. The van der Waals surface area contributed by atoms with Crippen LogP contribution in [0.3, 0.4) is 0 Å². The minimum atomic E-state index is -0.194. The van der Waals surface area contributed by atoms with Crippen LogP contribution >= 0.6 is 22.7 Å². The summed E-state index contributed by atoms with van der Waals surface area (Å²) < 4.78 is 16.6. The number of nitrogens with zero attached hydrogens (tertiary/aromatic N) is 7. The number of halogens is 1. The molecular formula is C21H24FN7S2. The number of aromatic nitrogens is 5. The van der Waals surface area contributed by atoms with Crippen LogP contribution in [0.15, 0.2) is 35.7 Å². The van der Waals surface area contributed by atoms with Crippen LogP contribution in [-0.4, -0.2) is 56.3 Å². The van der Waals surface area contributed by atoms with Gasteiger partial charge in [-0.3, -0.25) is 4.90 Å². The first-order chi connectivity index (χ1) is 15.2. The van der Waals surface area contributed by atoms with E-state index >= 15 is 0 Å². The summed E-state index contributed by atoms with van der Waals surface area (Å²) in [5, 5.41) is 15.6. The van der Waals surface area contributed by atoms with Crippen LogP contribution in [0.5, 0.6) is 0 Å². The van der Waals surface area contributed by atoms with Gasteiger partial charge >= 0.3 is 0 Å². The van der Waals surface area contributed by atoms with Gasteiger partial charge in [0, 0.05) is 44.0 Å². The first kappa shape index (κ1) is 20.5. The summed E-state index contributed by atoms with van der Waals surface area (Å²) >= 11 is 3.20. The number of anilines is 1. The Morgan fingerprint density at radius 1 is 1.13 bits per heavy atom. The lowest BCUT2D eigenvalue weighted by atomic mass is 10.1. The molecule has 0 aliphatic carbocycles. The van der Waals surface area contributed by atoms with E-state index in [2.05, 4.69) is 54.7 Å². The Kier molecular flexibility index (Phi) is 5.93. The third-order valence-corrected chi connectivity index (χ3v) is 7.85. The van der Waals surface area contributed by atoms with Crippen molar-refractivity contribution in [1.82, 2.24) is 30.1 Å². The topological polar surface area (TPSA) is 63.0 Å². The van der Waals surface area contributed by atoms with Gasteiger partial charge in [0.15, 0.2) is 11.0 Å². The molecule has 162 valence electrons. The van der Waals surface area contributed by atoms with E-state index in [9.17, 15) is 4.39 Å². The van der Waals surface area contributed by atoms with Gasteiger partial charge in [0.2, 0.25) is 0 Å². The summed E-state index contributed by atoms with van der Waals surface area (Å²) in [5.41, 5.74) is 0.735. The zero-order valence-electron chi connectivity index (χ0n) is 17.3. The number of rotatable bonds is 7. The van der Waals surface area contributed by atoms with Crippen LogP contribution in [0.25, 0.3) is 10.2 Å². The van der Waals surface area contributed by atoms with Gasteiger partial charge in [-0.05, 0) is 40.4 Å². The van der Waals surface area contributed by atoms with Crippen LogP contribution in [0.2, 0.25) is 0 Å². The molecular weight excluding hydrogens is 433 g/mol. The molecule has 0 saturated carbocycles. The summed E-state index contributed by atoms with van der Waals surface area (Å²) in [7, 11) is 0. The standard InChI is InChI=1S/C21H24FN7S2/c1-2-18(20-24-25-26-29(20)9-8-15-5-4-14-30-15)27-10-12-28(13-11-27)21-23-17-7-3-6-16(22)19(17)31-21/h3-7,14,18H,2,8-13H2,1H3. The summed E-state index contributed by atoms with van der Waals surface area (Å²) in [6.45, 7) is 6.48. The number of tetrazole rings is 1. The first-order valence-electron chi connectivity index (χ1n) is 10.6. The molecule has 5 rings (SSSR count). The highest BCUT2D eigenvalue weighted by molar-refractivity contribution is 7.22. The molecule has 1 saturated heterocycles. The Balaban J connectivity index is 1.26. The Labute approximate surface area is 188 Å². The van der Waals surface area contributed by atoms with Crippen LogP contribution in [0.4, 0.5) is 9.52 Å². The van der Waals surface area contributed by atoms with Crippen LogP contribution in [0.1, 0.15) is 30.1 Å². The average molecular weight is 458 g/mol. The summed E-state index contributed by atoms with van der Waals surface area (Å²) in [5.74, 6) is 0.745. The van der Waals surface area contributed by atoms with Crippen LogP contribution in [0, 0.1) is 5.82 Å². The van der Waals surface area contributed by atoms with Crippen molar-refractivity contribution in [2.75, 3.05) is 31.1 Å². The second kappa shape index (κ2) is 8.97. The van der Waals surface area contributed by atoms with Gasteiger partial charge in [0.1, 0.15) is 5.82 Å². The largest absolute Gasteiger partial charge is 0.345 e. The summed E-state index contributed by atoms with van der Waals surface area (Å²) in [6.07, 6.45) is 1.89. The molecule has 1 atom stereocenters. The van der Waals surface area contributed by atoms with E-state index in [1.807, 2.05) is 10.7 Å². The third kappa shape index (κ3) is 4.19. The predicted molar refractivity (Wildman–Crippen MR) is 122 cm³/mol. The van der Waals surface area contributed by atoms with Gasteiger partial charge in [-0.1, -0.05) is 30.4 Å². The number of hydrogen-bond donors (Lipinski definition) is 0. The zero-order chi connectivity index (χ0) is 21.2. The number of thiazole rings is 1. The Bertz CT molecular complexity index is 1130. The maximum atomic E-state index is 14.1.